The Morgan fingerprint density at radius 3 is 2.67 bits per heavy atom. The number of aromatic nitrogens is 2. The highest BCUT2D eigenvalue weighted by Crippen LogP contribution is 2.24. The van der Waals surface area contributed by atoms with E-state index < -0.39 is 17.6 Å². The van der Waals surface area contributed by atoms with E-state index in [1.165, 1.54) is 12.1 Å². The van der Waals surface area contributed by atoms with E-state index in [1.54, 1.807) is 19.2 Å². The summed E-state index contributed by atoms with van der Waals surface area (Å²) in [5.41, 5.74) is 2.13. The summed E-state index contributed by atoms with van der Waals surface area (Å²) >= 11 is 0. The van der Waals surface area contributed by atoms with Gasteiger partial charge >= 0.3 is 5.97 Å². The Kier molecular flexibility index (Phi) is 5.81. The molecular formula is C20H20F2N2O3. The van der Waals surface area contributed by atoms with Crippen molar-refractivity contribution in [1.82, 2.24) is 9.55 Å². The number of carbonyl (C=O) groups is 1. The second kappa shape index (κ2) is 8.26. The molecule has 0 bridgehead atoms. The first-order valence-corrected chi connectivity index (χ1v) is 8.70. The molecule has 0 radical (unpaired) electrons. The third-order valence-electron chi connectivity index (χ3n) is 4.15. The summed E-state index contributed by atoms with van der Waals surface area (Å²) in [6.07, 6.45) is 3.39. The standard InChI is InChI=1S/C20H20F2N2O3/c1-3-26-12-14-11-24(10-13-5-6-15(21)7-17(13)22)19-9-23-18(8-16(14)19)20(25)27-4-2/h5-9,11H,3-4,10,12H2,1-2H3. The minimum Gasteiger partial charge on any atom is -0.461 e. The molecule has 0 saturated carbocycles. The molecule has 27 heavy (non-hydrogen) atoms. The molecule has 2 aromatic heterocycles. The van der Waals surface area contributed by atoms with Gasteiger partial charge in [0.1, 0.15) is 17.3 Å². The van der Waals surface area contributed by atoms with E-state index in [1.807, 2.05) is 17.7 Å². The van der Waals surface area contributed by atoms with E-state index in [4.69, 9.17) is 9.47 Å². The number of ether oxygens (including phenoxy) is 2. The number of nitrogens with zero attached hydrogens (tertiary/aromatic N) is 2. The van der Waals surface area contributed by atoms with Gasteiger partial charge in [-0.05, 0) is 26.0 Å². The van der Waals surface area contributed by atoms with Crippen LogP contribution in [0.25, 0.3) is 10.9 Å². The molecule has 0 saturated heterocycles. The topological polar surface area (TPSA) is 53.4 Å². The van der Waals surface area contributed by atoms with Gasteiger partial charge in [-0.2, -0.15) is 0 Å². The zero-order valence-corrected chi connectivity index (χ0v) is 15.2. The first kappa shape index (κ1) is 19.0. The molecule has 0 atom stereocenters. The Morgan fingerprint density at radius 1 is 1.15 bits per heavy atom. The van der Waals surface area contributed by atoms with Gasteiger partial charge in [0.05, 0.1) is 31.5 Å². The first-order valence-electron chi connectivity index (χ1n) is 8.70. The molecular weight excluding hydrogens is 354 g/mol. The van der Waals surface area contributed by atoms with Gasteiger partial charge in [0.15, 0.2) is 0 Å². The highest BCUT2D eigenvalue weighted by atomic mass is 19.1. The smallest absolute Gasteiger partial charge is 0.356 e. The van der Waals surface area contributed by atoms with Gasteiger partial charge in [-0.1, -0.05) is 6.07 Å². The van der Waals surface area contributed by atoms with Crippen LogP contribution in [0, 0.1) is 11.6 Å². The fourth-order valence-electron chi connectivity index (χ4n) is 2.87. The second-order valence-corrected chi connectivity index (χ2v) is 5.96. The molecule has 3 aromatic rings. The van der Waals surface area contributed by atoms with Crippen LogP contribution in [0.4, 0.5) is 8.78 Å². The summed E-state index contributed by atoms with van der Waals surface area (Å²) in [7, 11) is 0. The average molecular weight is 374 g/mol. The van der Waals surface area contributed by atoms with Crippen LogP contribution in [-0.4, -0.2) is 28.7 Å². The van der Waals surface area contributed by atoms with Crippen molar-refractivity contribution in [1.29, 1.82) is 0 Å². The lowest BCUT2D eigenvalue weighted by Crippen LogP contribution is -2.07. The van der Waals surface area contributed by atoms with Crippen LogP contribution in [0.2, 0.25) is 0 Å². The normalized spacial score (nSPS) is 11.1. The molecule has 0 aliphatic rings. The minimum absolute atomic E-state index is 0.202. The largest absolute Gasteiger partial charge is 0.461 e. The molecule has 0 amide bonds. The summed E-state index contributed by atoms with van der Waals surface area (Å²) in [6, 6.07) is 5.15. The lowest BCUT2D eigenvalue weighted by molar-refractivity contribution is 0.0519. The van der Waals surface area contributed by atoms with Gasteiger partial charge < -0.3 is 14.0 Å². The zero-order chi connectivity index (χ0) is 19.4. The fraction of sp³-hybridized carbons (Fsp3) is 0.300. The van der Waals surface area contributed by atoms with E-state index >= 15 is 0 Å². The number of fused-ring (bicyclic) bond motifs is 1. The predicted octanol–water partition coefficient (Wildman–Crippen LogP) is 4.08. The average Bonchev–Trinajstić information content (AvgIpc) is 2.99. The third kappa shape index (κ3) is 4.14. The van der Waals surface area contributed by atoms with Crippen molar-refractivity contribution in [2.24, 2.45) is 0 Å². The lowest BCUT2D eigenvalue weighted by Gasteiger charge is -2.07. The maximum atomic E-state index is 14.0. The van der Waals surface area contributed by atoms with Crippen molar-refractivity contribution < 1.29 is 23.0 Å². The molecule has 7 heteroatoms. The molecule has 0 aliphatic carbocycles. The predicted molar refractivity (Wildman–Crippen MR) is 96.5 cm³/mol. The molecule has 5 nitrogen and oxygen atoms in total. The lowest BCUT2D eigenvalue weighted by atomic mass is 10.2. The van der Waals surface area contributed by atoms with Crippen LogP contribution >= 0.6 is 0 Å². The van der Waals surface area contributed by atoms with Crippen molar-refractivity contribution in [3.05, 3.63) is 65.1 Å². The molecule has 0 unspecified atom stereocenters. The third-order valence-corrected chi connectivity index (χ3v) is 4.15. The summed E-state index contributed by atoms with van der Waals surface area (Å²) in [5, 5.41) is 0.782. The van der Waals surface area contributed by atoms with Gasteiger partial charge in [-0.3, -0.25) is 0 Å². The van der Waals surface area contributed by atoms with E-state index in [-0.39, 0.29) is 18.8 Å². The molecule has 0 spiro atoms. The van der Waals surface area contributed by atoms with Gasteiger partial charge in [-0.15, -0.1) is 0 Å². The van der Waals surface area contributed by atoms with Crippen LogP contribution in [0.5, 0.6) is 0 Å². The molecule has 3 rings (SSSR count). The number of hydrogen-bond acceptors (Lipinski definition) is 4. The van der Waals surface area contributed by atoms with Crippen molar-refractivity contribution in [3.63, 3.8) is 0 Å². The van der Waals surface area contributed by atoms with Crippen molar-refractivity contribution in [2.45, 2.75) is 27.0 Å². The Bertz CT molecular complexity index is 969. The SMILES string of the molecule is CCOCc1cn(Cc2ccc(F)cc2F)c2cnc(C(=O)OCC)cc12. The maximum Gasteiger partial charge on any atom is 0.356 e. The van der Waals surface area contributed by atoms with Crippen molar-refractivity contribution in [3.8, 4) is 0 Å². The van der Waals surface area contributed by atoms with E-state index in [2.05, 4.69) is 4.98 Å². The van der Waals surface area contributed by atoms with Crippen LogP contribution in [0.15, 0.2) is 36.7 Å². The summed E-state index contributed by atoms with van der Waals surface area (Å²) in [6.45, 7) is 4.96. The van der Waals surface area contributed by atoms with Gasteiger partial charge in [0.2, 0.25) is 0 Å². The molecule has 0 aliphatic heterocycles. The van der Waals surface area contributed by atoms with Crippen molar-refractivity contribution in [2.75, 3.05) is 13.2 Å². The van der Waals surface area contributed by atoms with E-state index in [9.17, 15) is 13.6 Å². The highest BCUT2D eigenvalue weighted by molar-refractivity contribution is 5.93. The highest BCUT2D eigenvalue weighted by Gasteiger charge is 2.16. The van der Waals surface area contributed by atoms with Crippen LogP contribution in [-0.2, 0) is 22.6 Å². The number of carbonyl (C=O) groups excluding carboxylic acids is 1. The van der Waals surface area contributed by atoms with Crippen LogP contribution < -0.4 is 0 Å². The summed E-state index contributed by atoms with van der Waals surface area (Å²) < 4.78 is 39.5. The Labute approximate surface area is 155 Å². The van der Waals surface area contributed by atoms with Gasteiger partial charge in [-0.25, -0.2) is 18.6 Å². The minimum atomic E-state index is -0.619. The molecule has 0 fully saturated rings. The summed E-state index contributed by atoms with van der Waals surface area (Å²) in [4.78, 5) is 16.1. The number of benzene rings is 1. The van der Waals surface area contributed by atoms with E-state index in [0.717, 1.165) is 22.5 Å². The van der Waals surface area contributed by atoms with Gasteiger partial charge in [0.25, 0.3) is 0 Å². The van der Waals surface area contributed by atoms with Crippen LogP contribution in [0.1, 0.15) is 35.5 Å². The summed E-state index contributed by atoms with van der Waals surface area (Å²) in [5.74, 6) is -1.73. The van der Waals surface area contributed by atoms with Gasteiger partial charge in [0, 0.05) is 35.4 Å². The molecule has 142 valence electrons. The fourth-order valence-corrected chi connectivity index (χ4v) is 2.87. The Morgan fingerprint density at radius 2 is 1.96 bits per heavy atom. The monoisotopic (exact) mass is 374 g/mol. The Hall–Kier alpha value is -2.80. The first-order chi connectivity index (χ1) is 13.0. The quantitative estimate of drug-likeness (QED) is 0.585. The Balaban J connectivity index is 2.03. The molecule has 1 aromatic carbocycles. The number of pyridine rings is 1. The number of rotatable bonds is 7. The zero-order valence-electron chi connectivity index (χ0n) is 15.2. The van der Waals surface area contributed by atoms with Crippen LogP contribution in [0.3, 0.4) is 0 Å². The molecule has 0 N–H and O–H groups in total. The number of hydrogen-bond donors (Lipinski definition) is 0. The van der Waals surface area contributed by atoms with E-state index in [0.29, 0.717) is 18.8 Å². The second-order valence-electron chi connectivity index (χ2n) is 5.96. The number of halogens is 2. The maximum absolute atomic E-state index is 14.0. The molecule has 2 heterocycles. The van der Waals surface area contributed by atoms with Crippen molar-refractivity contribution >= 4 is 16.9 Å². The number of esters is 1.